The molecule has 2 fully saturated rings. The first-order chi connectivity index (χ1) is 21.2. The van der Waals surface area contributed by atoms with Crippen LogP contribution in [0.3, 0.4) is 0 Å². The number of fused-ring (bicyclic) bond motifs is 2. The molecule has 252 valence electrons. The van der Waals surface area contributed by atoms with Gasteiger partial charge in [-0.3, -0.25) is 9.59 Å². The summed E-state index contributed by atoms with van der Waals surface area (Å²) in [5.74, 6) is -0.184. The summed E-state index contributed by atoms with van der Waals surface area (Å²) in [4.78, 5) is 28.2. The van der Waals surface area contributed by atoms with Crippen LogP contribution in [0.1, 0.15) is 81.1 Å². The van der Waals surface area contributed by atoms with Crippen molar-refractivity contribution in [2.75, 3.05) is 0 Å². The van der Waals surface area contributed by atoms with Crippen molar-refractivity contribution in [3.8, 4) is 0 Å². The molecule has 0 aromatic heterocycles. The summed E-state index contributed by atoms with van der Waals surface area (Å²) in [6, 6.07) is 0. The Balaban J connectivity index is 1.56. The van der Waals surface area contributed by atoms with Crippen molar-refractivity contribution in [2.24, 2.45) is 70.0 Å². The fraction of sp³-hybridized carbons (Fsp3) is 0.737. The standard InChI is InChI=1S/C38H59NO6/c1-9-21(3)27-13-11-25-33(23(5)19-29(40)35(25)44)37(27,7)31(42)15-17-39-18-16-32(43)38(8)28(22(4)10-2)14-12-26-34(38)24(6)20-30(41)36(26)45/h11-18,21-30,33-36,39-41,44-45H,9-10,19-20H2,1-8H3/b17-15-,18-16-/t21-,22-,23-,24-,25-,26-,27-,28-,29-,30-,33+,34+,35+,36+,37-,38-/m1/s1. The molecular weight excluding hydrogens is 566 g/mol. The third kappa shape index (κ3) is 6.19. The molecule has 0 heterocycles. The molecule has 0 aromatic rings. The van der Waals surface area contributed by atoms with Gasteiger partial charge in [0.15, 0.2) is 11.6 Å². The fourth-order valence-corrected chi connectivity index (χ4v) is 10.2. The summed E-state index contributed by atoms with van der Waals surface area (Å²) >= 11 is 0. The van der Waals surface area contributed by atoms with Crippen LogP contribution in [0, 0.1) is 70.0 Å². The number of allylic oxidation sites excluding steroid dienone is 4. The summed E-state index contributed by atoms with van der Waals surface area (Å²) in [5, 5.41) is 45.8. The number of nitrogens with one attached hydrogen (secondary N) is 1. The smallest absolute Gasteiger partial charge is 0.163 e. The lowest BCUT2D eigenvalue weighted by Gasteiger charge is -2.55. The van der Waals surface area contributed by atoms with Gasteiger partial charge in [0.25, 0.3) is 0 Å². The summed E-state index contributed by atoms with van der Waals surface area (Å²) in [5.41, 5.74) is -1.51. The molecule has 0 aromatic carbocycles. The molecule has 7 nitrogen and oxygen atoms in total. The van der Waals surface area contributed by atoms with Gasteiger partial charge in [-0.25, -0.2) is 0 Å². The fourth-order valence-electron chi connectivity index (χ4n) is 10.2. The molecule has 0 amide bonds. The summed E-state index contributed by atoms with van der Waals surface area (Å²) in [6.45, 7) is 16.8. The Morgan fingerprint density at radius 3 is 1.42 bits per heavy atom. The maximum Gasteiger partial charge on any atom is 0.163 e. The van der Waals surface area contributed by atoms with E-state index in [0.29, 0.717) is 12.8 Å². The summed E-state index contributed by atoms with van der Waals surface area (Å²) in [7, 11) is 0. The van der Waals surface area contributed by atoms with E-state index in [2.05, 4.69) is 59.0 Å². The van der Waals surface area contributed by atoms with Crippen LogP contribution in [0.25, 0.3) is 0 Å². The Morgan fingerprint density at radius 2 is 1.09 bits per heavy atom. The molecule has 4 aliphatic carbocycles. The Kier molecular flexibility index (Phi) is 11.1. The van der Waals surface area contributed by atoms with Crippen molar-refractivity contribution in [3.63, 3.8) is 0 Å². The first-order valence-corrected chi connectivity index (χ1v) is 17.4. The number of aliphatic hydroxyl groups is 4. The molecule has 16 atom stereocenters. The van der Waals surface area contributed by atoms with Crippen LogP contribution in [0.2, 0.25) is 0 Å². The molecule has 45 heavy (non-hydrogen) atoms. The van der Waals surface area contributed by atoms with Crippen molar-refractivity contribution in [1.82, 2.24) is 5.32 Å². The lowest BCUT2D eigenvalue weighted by atomic mass is 9.49. The van der Waals surface area contributed by atoms with E-state index in [1.807, 2.05) is 26.0 Å². The van der Waals surface area contributed by atoms with Gasteiger partial charge in [0, 0.05) is 35.1 Å². The van der Waals surface area contributed by atoms with E-state index in [9.17, 15) is 30.0 Å². The summed E-state index contributed by atoms with van der Waals surface area (Å²) < 4.78 is 0. The monoisotopic (exact) mass is 625 g/mol. The highest BCUT2D eigenvalue weighted by atomic mass is 16.3. The Bertz CT molecular complexity index is 1100. The van der Waals surface area contributed by atoms with E-state index in [1.54, 1.807) is 24.6 Å². The van der Waals surface area contributed by atoms with Gasteiger partial charge in [-0.1, -0.05) is 92.5 Å². The van der Waals surface area contributed by atoms with Gasteiger partial charge in [0.2, 0.25) is 0 Å². The number of rotatable bonds is 10. The van der Waals surface area contributed by atoms with Gasteiger partial charge in [-0.15, -0.1) is 0 Å². The van der Waals surface area contributed by atoms with Crippen molar-refractivity contribution in [2.45, 2.75) is 105 Å². The number of hydrogen-bond donors (Lipinski definition) is 5. The predicted octanol–water partition coefficient (Wildman–Crippen LogP) is 5.21. The van der Waals surface area contributed by atoms with E-state index < -0.39 is 35.2 Å². The zero-order valence-corrected chi connectivity index (χ0v) is 28.6. The lowest BCUT2D eigenvalue weighted by molar-refractivity contribution is -0.149. The second kappa shape index (κ2) is 14.0. The normalized spacial score (nSPS) is 46.0. The van der Waals surface area contributed by atoms with Crippen LogP contribution in [-0.4, -0.2) is 56.4 Å². The maximum atomic E-state index is 14.1. The third-order valence-corrected chi connectivity index (χ3v) is 12.9. The lowest BCUT2D eigenvalue weighted by Crippen LogP contribution is -2.57. The van der Waals surface area contributed by atoms with Crippen LogP contribution in [0.4, 0.5) is 0 Å². The Morgan fingerprint density at radius 1 is 0.733 bits per heavy atom. The average molecular weight is 626 g/mol. The molecule has 4 aliphatic rings. The molecule has 7 heteroatoms. The van der Waals surface area contributed by atoms with E-state index in [4.69, 9.17) is 0 Å². The highest BCUT2D eigenvalue weighted by Gasteiger charge is 2.58. The Hall–Kier alpha value is -2.06. The zero-order chi connectivity index (χ0) is 33.4. The molecule has 4 rings (SSSR count). The highest BCUT2D eigenvalue weighted by Crippen LogP contribution is 2.57. The van der Waals surface area contributed by atoms with Crippen molar-refractivity contribution in [1.29, 1.82) is 0 Å². The van der Waals surface area contributed by atoms with E-state index >= 15 is 0 Å². The second-order valence-electron chi connectivity index (χ2n) is 15.5. The molecule has 0 bridgehead atoms. The molecule has 0 spiro atoms. The van der Waals surface area contributed by atoms with Gasteiger partial charge in [0.05, 0.1) is 24.4 Å². The van der Waals surface area contributed by atoms with Gasteiger partial charge < -0.3 is 25.7 Å². The third-order valence-electron chi connectivity index (χ3n) is 12.9. The predicted molar refractivity (Wildman–Crippen MR) is 177 cm³/mol. The number of carbonyl (C=O) groups excluding carboxylic acids is 2. The minimum atomic E-state index is -0.894. The summed E-state index contributed by atoms with van der Waals surface area (Å²) in [6.07, 6.45) is 13.9. The van der Waals surface area contributed by atoms with Crippen molar-refractivity contribution < 1.29 is 30.0 Å². The van der Waals surface area contributed by atoms with Crippen molar-refractivity contribution >= 4 is 11.6 Å². The van der Waals surface area contributed by atoms with Crippen LogP contribution < -0.4 is 5.32 Å². The van der Waals surface area contributed by atoms with Gasteiger partial charge >= 0.3 is 0 Å². The van der Waals surface area contributed by atoms with Crippen molar-refractivity contribution in [3.05, 3.63) is 48.9 Å². The largest absolute Gasteiger partial charge is 0.390 e. The van der Waals surface area contributed by atoms with E-state index in [0.717, 1.165) is 12.8 Å². The highest BCUT2D eigenvalue weighted by molar-refractivity contribution is 5.96. The van der Waals surface area contributed by atoms with E-state index in [-0.39, 0.29) is 70.7 Å². The minimum Gasteiger partial charge on any atom is -0.390 e. The Labute approximate surface area is 271 Å². The first-order valence-electron chi connectivity index (χ1n) is 17.4. The molecule has 0 radical (unpaired) electrons. The SMILES string of the molecule is CC[C@@H](C)[C@H]1C=C[C@H]2[C@H](O)[C@H](O)C[C@@H](C)[C@@H]2[C@@]1(C)C(=O)/C=C\N/C=C\C(=O)[C@]1(C)[C@@H]2[C@@H](C=C[C@@H]1[C@H](C)CC)[C@H](O)[C@H](O)C[C@H]2C. The average Bonchev–Trinajstić information content (AvgIpc) is 3.00. The topological polar surface area (TPSA) is 127 Å². The molecule has 0 aliphatic heterocycles. The van der Waals surface area contributed by atoms with Gasteiger partial charge in [0.1, 0.15) is 0 Å². The first kappa shape index (κ1) is 35.8. The van der Waals surface area contributed by atoms with Crippen LogP contribution in [0.15, 0.2) is 48.9 Å². The number of hydrogen-bond acceptors (Lipinski definition) is 7. The maximum absolute atomic E-state index is 14.1. The van der Waals surface area contributed by atoms with Gasteiger partial charge in [-0.2, -0.15) is 0 Å². The number of carbonyl (C=O) groups is 2. The van der Waals surface area contributed by atoms with Crippen LogP contribution in [-0.2, 0) is 9.59 Å². The quantitative estimate of drug-likeness (QED) is 0.167. The number of aliphatic hydroxyl groups excluding tert-OH is 4. The molecule has 5 N–H and O–H groups in total. The van der Waals surface area contributed by atoms with E-state index in [1.165, 1.54) is 0 Å². The molecule has 2 saturated carbocycles. The minimum absolute atomic E-state index is 0.000921. The molecule has 0 unspecified atom stereocenters. The second-order valence-corrected chi connectivity index (χ2v) is 15.5. The van der Waals surface area contributed by atoms with Gasteiger partial charge in [-0.05, 0) is 72.3 Å². The van der Waals surface area contributed by atoms with Crippen LogP contribution in [0.5, 0.6) is 0 Å². The molecule has 0 saturated heterocycles. The zero-order valence-electron chi connectivity index (χ0n) is 28.6. The number of ketones is 2. The molecular formula is C38H59NO6. The van der Waals surface area contributed by atoms with Crippen LogP contribution >= 0.6 is 0 Å².